The van der Waals surface area contributed by atoms with Crippen LogP contribution in [0, 0.1) is 11.3 Å². The molecule has 9 aromatic carbocycles. The summed E-state index contributed by atoms with van der Waals surface area (Å²) in [5, 5.41) is 20.1. The van der Waals surface area contributed by atoms with Crippen LogP contribution in [0.1, 0.15) is 5.56 Å². The van der Waals surface area contributed by atoms with Crippen LogP contribution < -0.4 is 41.5 Å². The van der Waals surface area contributed by atoms with Gasteiger partial charge in [0.05, 0.1) is 11.6 Å². The molecule has 0 fully saturated rings. The number of benzene rings is 9. The zero-order chi connectivity index (χ0) is 43.2. The molecule has 0 N–H and O–H groups in total. The monoisotopic (exact) mass is 850 g/mol. The molecule has 0 aliphatic heterocycles. The van der Waals surface area contributed by atoms with Gasteiger partial charge in [0, 0.05) is 16.7 Å². The zero-order valence-electron chi connectivity index (χ0n) is 35.0. The minimum Gasteiger partial charge on any atom is -0.208 e. The molecule has 0 spiro atoms. The highest BCUT2D eigenvalue weighted by Gasteiger charge is 2.43. The average molecular weight is 851 g/mol. The van der Waals surface area contributed by atoms with Gasteiger partial charge in [-0.05, 0) is 53.6 Å². The van der Waals surface area contributed by atoms with Crippen molar-refractivity contribution in [2.45, 2.75) is 0 Å². The topological polar surface area (TPSA) is 62.5 Å². The first-order chi connectivity index (χ1) is 31.7. The normalized spacial score (nSPS) is 11.4. The van der Waals surface area contributed by atoms with Crippen molar-refractivity contribution >= 4 is 57.6 Å². The van der Waals surface area contributed by atoms with Crippen LogP contribution in [0.4, 0.5) is 0 Å². The molecule has 1 heterocycles. The van der Waals surface area contributed by atoms with Gasteiger partial charge in [-0.15, -0.1) is 0 Å². The highest BCUT2D eigenvalue weighted by atomic mass is 28.3. The highest BCUT2D eigenvalue weighted by Crippen LogP contribution is 2.26. The minimum atomic E-state index is -2.86. The van der Waals surface area contributed by atoms with Crippen molar-refractivity contribution in [1.29, 1.82) is 5.26 Å². The molecule has 0 radical (unpaired) electrons. The molecule has 64 heavy (non-hydrogen) atoms. The summed E-state index contributed by atoms with van der Waals surface area (Å²) in [6.07, 6.45) is 0. The predicted molar refractivity (Wildman–Crippen MR) is 268 cm³/mol. The molecule has 10 rings (SSSR count). The molecule has 0 unspecified atom stereocenters. The largest absolute Gasteiger partial charge is 0.208 e. The van der Waals surface area contributed by atoms with Crippen molar-refractivity contribution in [2.75, 3.05) is 0 Å². The molecule has 0 saturated heterocycles. The lowest BCUT2D eigenvalue weighted by atomic mass is 10.1. The Morgan fingerprint density at radius 3 is 0.797 bits per heavy atom. The minimum absolute atomic E-state index is 0.503. The van der Waals surface area contributed by atoms with E-state index in [0.717, 1.165) is 16.7 Å². The molecule has 1 aromatic heterocycles. The highest BCUT2D eigenvalue weighted by molar-refractivity contribution is 7.20. The van der Waals surface area contributed by atoms with Gasteiger partial charge in [0.15, 0.2) is 33.6 Å². The fraction of sp³-hybridized carbons (Fsp3) is 0. The van der Waals surface area contributed by atoms with Gasteiger partial charge in [-0.3, -0.25) is 0 Å². The average Bonchev–Trinajstić information content (AvgIpc) is 3.39. The predicted octanol–water partition coefficient (Wildman–Crippen LogP) is 7.50. The molecule has 0 amide bonds. The van der Waals surface area contributed by atoms with E-state index in [9.17, 15) is 5.26 Å². The molecular formula is C58H42N4Si2. The summed E-state index contributed by atoms with van der Waals surface area (Å²) in [5.74, 6) is 1.62. The third kappa shape index (κ3) is 7.29. The van der Waals surface area contributed by atoms with Crippen molar-refractivity contribution < 1.29 is 0 Å². The first-order valence-corrected chi connectivity index (χ1v) is 25.5. The molecule has 0 saturated carbocycles. The smallest absolute Gasteiger partial charge is 0.179 e. The zero-order valence-corrected chi connectivity index (χ0v) is 37.0. The maximum absolute atomic E-state index is 9.96. The van der Waals surface area contributed by atoms with Crippen LogP contribution in [0.5, 0.6) is 0 Å². The standard InChI is InChI=1S/C58H42N4Si2/c59-43-44-22-19-23-45(40-44)56-60-57(46-24-20-38-54(41-46)63(48-26-7-1-8-27-48,49-28-9-2-10-29-49)50-30-11-3-12-31-50)62-58(61-56)47-25-21-39-55(42-47)64(51-32-13-4-14-33-51,52-34-15-5-16-35-52)53-36-17-6-18-37-53/h1-42H. The van der Waals surface area contributed by atoms with Crippen LogP contribution in [0.25, 0.3) is 34.2 Å². The molecule has 302 valence electrons. The van der Waals surface area contributed by atoms with Crippen molar-refractivity contribution in [3.8, 4) is 40.2 Å². The Labute approximate surface area is 376 Å². The maximum Gasteiger partial charge on any atom is 0.179 e. The second kappa shape index (κ2) is 17.7. The van der Waals surface area contributed by atoms with Crippen LogP contribution in [0.2, 0.25) is 0 Å². The number of nitriles is 1. The van der Waals surface area contributed by atoms with Crippen LogP contribution in [0.15, 0.2) is 255 Å². The Morgan fingerprint density at radius 2 is 0.516 bits per heavy atom. The van der Waals surface area contributed by atoms with Crippen molar-refractivity contribution in [1.82, 2.24) is 15.0 Å². The summed E-state index contributed by atoms with van der Waals surface area (Å²) in [7, 11) is -5.72. The van der Waals surface area contributed by atoms with E-state index in [2.05, 4.69) is 237 Å². The van der Waals surface area contributed by atoms with Gasteiger partial charge in [0.25, 0.3) is 0 Å². The van der Waals surface area contributed by atoms with Gasteiger partial charge in [-0.2, -0.15) is 5.26 Å². The van der Waals surface area contributed by atoms with E-state index in [1.54, 1.807) is 6.07 Å². The number of rotatable bonds is 11. The van der Waals surface area contributed by atoms with Crippen LogP contribution in [-0.2, 0) is 0 Å². The van der Waals surface area contributed by atoms with E-state index in [1.165, 1.54) is 41.5 Å². The van der Waals surface area contributed by atoms with Crippen LogP contribution in [0.3, 0.4) is 0 Å². The van der Waals surface area contributed by atoms with Gasteiger partial charge in [0.2, 0.25) is 0 Å². The van der Waals surface area contributed by atoms with Gasteiger partial charge >= 0.3 is 0 Å². The van der Waals surface area contributed by atoms with Gasteiger partial charge in [0.1, 0.15) is 0 Å². The van der Waals surface area contributed by atoms with E-state index in [4.69, 9.17) is 15.0 Å². The number of hydrogen-bond acceptors (Lipinski definition) is 4. The quantitative estimate of drug-likeness (QED) is 0.100. The summed E-state index contributed by atoms with van der Waals surface area (Å²) >= 11 is 0. The van der Waals surface area contributed by atoms with E-state index in [-0.39, 0.29) is 0 Å². The van der Waals surface area contributed by atoms with E-state index >= 15 is 0 Å². The number of nitrogens with zero attached hydrogens (tertiary/aromatic N) is 4. The Bertz CT molecular complexity index is 2830. The Balaban J connectivity index is 1.21. The van der Waals surface area contributed by atoms with Crippen LogP contribution >= 0.6 is 0 Å². The van der Waals surface area contributed by atoms with Crippen molar-refractivity contribution in [3.63, 3.8) is 0 Å². The molecule has 4 nitrogen and oxygen atoms in total. The first kappa shape index (κ1) is 40.0. The lowest BCUT2D eigenvalue weighted by Gasteiger charge is -2.34. The van der Waals surface area contributed by atoms with Gasteiger partial charge < -0.3 is 0 Å². The lowest BCUT2D eigenvalue weighted by molar-refractivity contribution is 1.07. The summed E-state index contributed by atoms with van der Waals surface area (Å²) in [5.41, 5.74) is 3.06. The fourth-order valence-corrected chi connectivity index (χ4v) is 19.0. The lowest BCUT2D eigenvalue weighted by Crippen LogP contribution is -2.74. The molecule has 0 atom stereocenters. The van der Waals surface area contributed by atoms with Crippen LogP contribution in [-0.4, -0.2) is 31.1 Å². The molecule has 10 aromatic rings. The summed E-state index contributed by atoms with van der Waals surface area (Å²) in [4.78, 5) is 15.8. The number of hydrogen-bond donors (Lipinski definition) is 0. The molecule has 0 aliphatic rings. The second-order valence-electron chi connectivity index (χ2n) is 15.9. The summed E-state index contributed by atoms with van der Waals surface area (Å²) in [6, 6.07) is 93.0. The third-order valence-corrected chi connectivity index (χ3v) is 21.8. The molecule has 0 aliphatic carbocycles. The van der Waals surface area contributed by atoms with E-state index in [0.29, 0.717) is 23.0 Å². The van der Waals surface area contributed by atoms with Crippen molar-refractivity contribution in [3.05, 3.63) is 260 Å². The molecule has 6 heteroatoms. The summed E-state index contributed by atoms with van der Waals surface area (Å²) < 4.78 is 0. The van der Waals surface area contributed by atoms with Gasteiger partial charge in [-0.25, -0.2) is 15.0 Å². The Kier molecular flexibility index (Phi) is 11.1. The number of aromatic nitrogens is 3. The van der Waals surface area contributed by atoms with Gasteiger partial charge in [-0.1, -0.05) is 243 Å². The van der Waals surface area contributed by atoms with E-state index < -0.39 is 16.1 Å². The second-order valence-corrected chi connectivity index (χ2v) is 23.5. The first-order valence-electron chi connectivity index (χ1n) is 21.5. The summed E-state index contributed by atoms with van der Waals surface area (Å²) in [6.45, 7) is 0. The fourth-order valence-electron chi connectivity index (χ4n) is 9.40. The molecular weight excluding hydrogens is 809 g/mol. The third-order valence-electron chi connectivity index (χ3n) is 12.2. The SMILES string of the molecule is N#Cc1cccc(-c2nc(-c3cccc([Si](c4ccccc4)(c4ccccc4)c4ccccc4)c3)nc(-c3cccc([Si](c4ccccc4)(c4ccccc4)c4ccccc4)c3)n2)c1. The van der Waals surface area contributed by atoms with Crippen molar-refractivity contribution in [2.24, 2.45) is 0 Å². The Hall–Kier alpha value is -8.09. The molecule has 0 bridgehead atoms. The van der Waals surface area contributed by atoms with E-state index in [1.807, 2.05) is 18.2 Å². The maximum atomic E-state index is 9.96. The Morgan fingerprint density at radius 1 is 0.266 bits per heavy atom.